The Labute approximate surface area is 91.8 Å². The van der Waals surface area contributed by atoms with E-state index in [1.165, 1.54) is 18.4 Å². The fraction of sp³-hybridized carbons (Fsp3) is 0.692. The van der Waals surface area contributed by atoms with Crippen molar-refractivity contribution in [3.8, 4) is 0 Å². The summed E-state index contributed by atoms with van der Waals surface area (Å²) in [6.07, 6.45) is 3.83. The first-order valence-corrected chi connectivity index (χ1v) is 5.83. The summed E-state index contributed by atoms with van der Waals surface area (Å²) in [5, 5.41) is 0. The van der Waals surface area contributed by atoms with Gasteiger partial charge >= 0.3 is 0 Å². The fourth-order valence-corrected chi connectivity index (χ4v) is 1.98. The number of hydrogen-bond acceptors (Lipinski definition) is 2. The van der Waals surface area contributed by atoms with Gasteiger partial charge in [-0.25, -0.2) is 0 Å². The molecule has 0 aliphatic heterocycles. The topological polar surface area (TPSA) is 39.2 Å². The molecule has 2 heteroatoms. The van der Waals surface area contributed by atoms with Gasteiger partial charge in [0, 0.05) is 23.9 Å². The average molecular weight is 207 g/mol. The lowest BCUT2D eigenvalue weighted by Crippen LogP contribution is -2.13. The summed E-state index contributed by atoms with van der Waals surface area (Å²) in [7, 11) is 0. The molecule has 0 radical (unpaired) electrons. The third kappa shape index (κ3) is 2.43. The first kappa shape index (κ1) is 10.7. The van der Waals surface area contributed by atoms with Crippen LogP contribution < -0.4 is 5.73 Å². The summed E-state index contributed by atoms with van der Waals surface area (Å²) in [6, 6.07) is 2.15. The monoisotopic (exact) mass is 207 g/mol. The smallest absolute Gasteiger partial charge is 0.113 e. The van der Waals surface area contributed by atoms with E-state index in [9.17, 15) is 0 Å². The van der Waals surface area contributed by atoms with Crippen molar-refractivity contribution in [3.63, 3.8) is 0 Å². The van der Waals surface area contributed by atoms with E-state index >= 15 is 0 Å². The molecular weight excluding hydrogens is 186 g/mol. The predicted molar refractivity (Wildman–Crippen MR) is 61.7 cm³/mol. The lowest BCUT2D eigenvalue weighted by atomic mass is 9.90. The Balaban J connectivity index is 2.23. The van der Waals surface area contributed by atoms with E-state index in [-0.39, 0.29) is 5.41 Å². The summed E-state index contributed by atoms with van der Waals surface area (Å²) >= 11 is 0. The number of hydrogen-bond donors (Lipinski definition) is 1. The van der Waals surface area contributed by atoms with Crippen molar-refractivity contribution in [1.29, 1.82) is 0 Å². The Morgan fingerprint density at radius 2 is 2.07 bits per heavy atom. The van der Waals surface area contributed by atoms with E-state index in [0.29, 0.717) is 6.54 Å². The molecule has 2 nitrogen and oxygen atoms in total. The maximum absolute atomic E-state index is 5.94. The molecule has 1 heterocycles. The zero-order chi connectivity index (χ0) is 11.1. The highest BCUT2D eigenvalue weighted by molar-refractivity contribution is 5.27. The molecule has 0 unspecified atom stereocenters. The van der Waals surface area contributed by atoms with Gasteiger partial charge in [-0.2, -0.15) is 0 Å². The fourth-order valence-electron chi connectivity index (χ4n) is 1.98. The molecule has 1 aromatic rings. The Bertz CT molecular complexity index is 342. The average Bonchev–Trinajstić information content (AvgIpc) is 2.81. The van der Waals surface area contributed by atoms with Gasteiger partial charge in [0.1, 0.15) is 11.5 Å². The van der Waals surface area contributed by atoms with Crippen LogP contribution in [0.1, 0.15) is 50.7 Å². The van der Waals surface area contributed by atoms with Crippen molar-refractivity contribution in [2.75, 3.05) is 0 Å². The third-order valence-corrected chi connectivity index (χ3v) is 2.95. The number of nitrogens with two attached hydrogens (primary N) is 1. The van der Waals surface area contributed by atoms with Crippen LogP contribution in [-0.2, 0) is 18.4 Å². The van der Waals surface area contributed by atoms with Crippen molar-refractivity contribution < 1.29 is 4.42 Å². The molecule has 0 atom stereocenters. The third-order valence-electron chi connectivity index (χ3n) is 2.95. The number of rotatable bonds is 3. The normalized spacial score (nSPS) is 17.1. The van der Waals surface area contributed by atoms with Crippen LogP contribution >= 0.6 is 0 Å². The second kappa shape index (κ2) is 3.67. The SMILES string of the molecule is CC(C)(C)c1oc(CC2CC2)cc1CN. The largest absolute Gasteiger partial charge is 0.465 e. The molecule has 84 valence electrons. The maximum atomic E-state index is 5.94. The molecule has 1 aliphatic carbocycles. The van der Waals surface area contributed by atoms with E-state index in [2.05, 4.69) is 26.8 Å². The van der Waals surface area contributed by atoms with Gasteiger partial charge in [-0.3, -0.25) is 0 Å². The molecular formula is C13H21NO. The second-order valence-electron chi connectivity index (χ2n) is 5.67. The Morgan fingerprint density at radius 3 is 2.47 bits per heavy atom. The van der Waals surface area contributed by atoms with Gasteiger partial charge in [0.2, 0.25) is 0 Å². The molecule has 15 heavy (non-hydrogen) atoms. The Kier molecular flexibility index (Phi) is 2.63. The molecule has 1 aromatic heterocycles. The van der Waals surface area contributed by atoms with E-state index in [1.54, 1.807) is 0 Å². The van der Waals surface area contributed by atoms with Crippen LogP contribution in [0.4, 0.5) is 0 Å². The van der Waals surface area contributed by atoms with Crippen molar-refractivity contribution >= 4 is 0 Å². The van der Waals surface area contributed by atoms with E-state index in [0.717, 1.165) is 23.9 Å². The minimum Gasteiger partial charge on any atom is -0.465 e. The summed E-state index contributed by atoms with van der Waals surface area (Å²) in [6.45, 7) is 7.10. The van der Waals surface area contributed by atoms with Gasteiger partial charge < -0.3 is 10.2 Å². The first-order chi connectivity index (χ1) is 7.00. The molecule has 0 spiro atoms. The summed E-state index contributed by atoms with van der Waals surface area (Å²) in [5.41, 5.74) is 6.99. The van der Waals surface area contributed by atoms with E-state index < -0.39 is 0 Å². The standard InChI is InChI=1S/C13H21NO/c1-13(2,3)12-10(8-14)7-11(15-12)6-9-4-5-9/h7,9H,4-6,8,14H2,1-3H3. The lowest BCUT2D eigenvalue weighted by Gasteiger charge is -2.16. The molecule has 0 bridgehead atoms. The van der Waals surface area contributed by atoms with Crippen LogP contribution in [-0.4, -0.2) is 0 Å². The van der Waals surface area contributed by atoms with E-state index in [4.69, 9.17) is 10.2 Å². The van der Waals surface area contributed by atoms with Crippen molar-refractivity contribution in [3.05, 3.63) is 23.2 Å². The molecule has 1 fully saturated rings. The summed E-state index contributed by atoms with van der Waals surface area (Å²) in [4.78, 5) is 0. The highest BCUT2D eigenvalue weighted by atomic mass is 16.3. The van der Waals surface area contributed by atoms with Crippen molar-refractivity contribution in [2.45, 2.75) is 52.0 Å². The van der Waals surface area contributed by atoms with Gasteiger partial charge in [-0.15, -0.1) is 0 Å². The minimum atomic E-state index is 0.0660. The predicted octanol–water partition coefficient (Wildman–Crippen LogP) is 2.99. The van der Waals surface area contributed by atoms with E-state index in [1.807, 2.05) is 0 Å². The van der Waals surface area contributed by atoms with Gasteiger partial charge in [0.05, 0.1) is 0 Å². The molecule has 1 saturated carbocycles. The lowest BCUT2D eigenvalue weighted by molar-refractivity contribution is 0.379. The van der Waals surface area contributed by atoms with Crippen LogP contribution in [0.25, 0.3) is 0 Å². The van der Waals surface area contributed by atoms with Crippen LogP contribution in [0.3, 0.4) is 0 Å². The molecule has 1 aliphatic rings. The second-order valence-corrected chi connectivity index (χ2v) is 5.67. The Morgan fingerprint density at radius 1 is 1.40 bits per heavy atom. The number of furan rings is 1. The zero-order valence-corrected chi connectivity index (χ0v) is 9.97. The highest BCUT2D eigenvalue weighted by Crippen LogP contribution is 2.35. The van der Waals surface area contributed by atoms with Gasteiger partial charge in [-0.1, -0.05) is 20.8 Å². The van der Waals surface area contributed by atoms with Gasteiger partial charge in [0.15, 0.2) is 0 Å². The van der Waals surface area contributed by atoms with Crippen LogP contribution in [0.5, 0.6) is 0 Å². The highest BCUT2D eigenvalue weighted by Gasteiger charge is 2.27. The van der Waals surface area contributed by atoms with Crippen molar-refractivity contribution in [2.24, 2.45) is 11.7 Å². The summed E-state index contributed by atoms with van der Waals surface area (Å²) in [5.74, 6) is 3.07. The minimum absolute atomic E-state index is 0.0660. The van der Waals surface area contributed by atoms with Crippen LogP contribution in [0.2, 0.25) is 0 Å². The van der Waals surface area contributed by atoms with Gasteiger partial charge in [-0.05, 0) is 24.8 Å². The van der Waals surface area contributed by atoms with Gasteiger partial charge in [0.25, 0.3) is 0 Å². The molecule has 0 saturated heterocycles. The van der Waals surface area contributed by atoms with Crippen molar-refractivity contribution in [1.82, 2.24) is 0 Å². The quantitative estimate of drug-likeness (QED) is 0.827. The zero-order valence-electron chi connectivity index (χ0n) is 9.97. The van der Waals surface area contributed by atoms with Crippen LogP contribution in [0.15, 0.2) is 10.5 Å². The van der Waals surface area contributed by atoms with Crippen LogP contribution in [0, 0.1) is 5.92 Å². The molecule has 2 N–H and O–H groups in total. The molecule has 0 amide bonds. The first-order valence-electron chi connectivity index (χ1n) is 5.83. The summed E-state index contributed by atoms with van der Waals surface area (Å²) < 4.78 is 5.94. The Hall–Kier alpha value is -0.760. The molecule has 2 rings (SSSR count). The maximum Gasteiger partial charge on any atom is 0.113 e. The molecule has 0 aromatic carbocycles.